The summed E-state index contributed by atoms with van der Waals surface area (Å²) < 4.78 is 0. The number of anilines is 2. The van der Waals surface area contributed by atoms with E-state index < -0.39 is 5.91 Å². The van der Waals surface area contributed by atoms with E-state index in [-0.39, 0.29) is 22.6 Å². The lowest BCUT2D eigenvalue weighted by atomic mass is 10.2. The van der Waals surface area contributed by atoms with E-state index in [0.29, 0.717) is 27.5 Å². The van der Waals surface area contributed by atoms with Gasteiger partial charge in [0.05, 0.1) is 16.3 Å². The van der Waals surface area contributed by atoms with Gasteiger partial charge in [0.25, 0.3) is 5.91 Å². The Labute approximate surface area is 193 Å². The summed E-state index contributed by atoms with van der Waals surface area (Å²) in [4.78, 5) is 36.4. The van der Waals surface area contributed by atoms with E-state index >= 15 is 0 Å². The summed E-state index contributed by atoms with van der Waals surface area (Å²) in [6, 6.07) is 18.1. The molecule has 4 N–H and O–H groups in total. The number of rotatable bonds is 7. The topological polar surface area (TPSA) is 101 Å². The molecule has 0 unspecified atom stereocenters. The molecule has 0 spiro atoms. The molecule has 3 rings (SSSR count). The first-order chi connectivity index (χ1) is 14.8. The lowest BCUT2D eigenvalue weighted by Crippen LogP contribution is -2.15. The number of nitrogens with one attached hydrogen (secondary N) is 2. The summed E-state index contributed by atoms with van der Waals surface area (Å²) in [5, 5.41) is 6.24. The van der Waals surface area contributed by atoms with E-state index in [1.807, 2.05) is 0 Å². The van der Waals surface area contributed by atoms with Gasteiger partial charge in [0.1, 0.15) is 0 Å². The molecule has 0 saturated carbocycles. The van der Waals surface area contributed by atoms with Crippen molar-refractivity contribution in [3.05, 3.63) is 87.9 Å². The highest BCUT2D eigenvalue weighted by atomic mass is 35.5. The van der Waals surface area contributed by atoms with Crippen LogP contribution in [-0.2, 0) is 4.79 Å². The molecule has 0 fully saturated rings. The molecule has 6 nitrogen and oxygen atoms in total. The Balaban J connectivity index is 1.51. The maximum absolute atomic E-state index is 12.4. The third kappa shape index (κ3) is 6.49. The highest BCUT2D eigenvalue weighted by Gasteiger charge is 2.11. The molecule has 3 aromatic rings. The van der Waals surface area contributed by atoms with E-state index in [9.17, 15) is 14.4 Å². The first kappa shape index (κ1) is 22.7. The summed E-state index contributed by atoms with van der Waals surface area (Å²) in [7, 11) is 0. The largest absolute Gasteiger partial charge is 0.366 e. The van der Waals surface area contributed by atoms with Crippen LogP contribution in [0.4, 0.5) is 11.4 Å². The normalized spacial score (nSPS) is 10.4. The van der Waals surface area contributed by atoms with Crippen molar-refractivity contribution in [2.45, 2.75) is 4.90 Å². The highest BCUT2D eigenvalue weighted by Crippen LogP contribution is 2.24. The first-order valence-corrected chi connectivity index (χ1v) is 10.7. The van der Waals surface area contributed by atoms with Gasteiger partial charge in [0.2, 0.25) is 11.8 Å². The molecule has 0 aliphatic heterocycles. The Kier molecular flexibility index (Phi) is 7.57. The van der Waals surface area contributed by atoms with Crippen molar-refractivity contribution in [1.82, 2.24) is 0 Å². The molecule has 0 aliphatic carbocycles. The van der Waals surface area contributed by atoms with Crippen LogP contribution in [0.15, 0.2) is 71.6 Å². The SMILES string of the molecule is NC(=O)c1ccc(NC(=O)CSc2ccc(NC(=O)c3ccc(Cl)cc3Cl)cc2)cc1. The molecule has 158 valence electrons. The standard InChI is InChI=1S/C22H17Cl2N3O3S/c23-14-3-10-18(19(24)11-14)22(30)27-16-6-8-17(9-7-16)31-12-20(28)26-15-4-1-13(2-5-15)21(25)29/h1-11H,12H2,(H2,25,29)(H,26,28)(H,27,30). The predicted octanol–water partition coefficient (Wildman–Crippen LogP) is 5.08. The van der Waals surface area contributed by atoms with Gasteiger partial charge < -0.3 is 16.4 Å². The van der Waals surface area contributed by atoms with Crippen molar-refractivity contribution in [3.63, 3.8) is 0 Å². The van der Waals surface area contributed by atoms with Crippen LogP contribution in [0, 0.1) is 0 Å². The summed E-state index contributed by atoms with van der Waals surface area (Å²) >= 11 is 13.3. The number of halogens is 2. The Morgan fingerprint density at radius 2 is 1.45 bits per heavy atom. The predicted molar refractivity (Wildman–Crippen MR) is 125 cm³/mol. The first-order valence-electron chi connectivity index (χ1n) is 9.01. The van der Waals surface area contributed by atoms with Crippen LogP contribution in [-0.4, -0.2) is 23.5 Å². The van der Waals surface area contributed by atoms with E-state index in [1.165, 1.54) is 17.8 Å². The maximum atomic E-state index is 12.4. The van der Waals surface area contributed by atoms with Gasteiger partial charge >= 0.3 is 0 Å². The van der Waals surface area contributed by atoms with Crippen molar-refractivity contribution in [2.75, 3.05) is 16.4 Å². The number of thioether (sulfide) groups is 1. The monoisotopic (exact) mass is 473 g/mol. The zero-order valence-corrected chi connectivity index (χ0v) is 18.4. The zero-order valence-electron chi connectivity index (χ0n) is 16.0. The molecule has 0 radical (unpaired) electrons. The fourth-order valence-corrected chi connectivity index (χ4v) is 3.76. The van der Waals surface area contributed by atoms with Crippen molar-refractivity contribution in [2.24, 2.45) is 5.73 Å². The van der Waals surface area contributed by atoms with E-state index in [2.05, 4.69) is 10.6 Å². The number of hydrogen-bond donors (Lipinski definition) is 3. The summed E-state index contributed by atoms with van der Waals surface area (Å²) in [6.07, 6.45) is 0. The number of benzene rings is 3. The lowest BCUT2D eigenvalue weighted by Gasteiger charge is -2.08. The molecule has 3 amide bonds. The number of carbonyl (C=O) groups is 3. The van der Waals surface area contributed by atoms with E-state index in [1.54, 1.807) is 60.7 Å². The quantitative estimate of drug-likeness (QED) is 0.416. The third-order valence-electron chi connectivity index (χ3n) is 4.11. The second-order valence-corrected chi connectivity index (χ2v) is 8.27. The Bertz CT molecular complexity index is 1120. The van der Waals surface area contributed by atoms with Gasteiger partial charge in [0.15, 0.2) is 0 Å². The van der Waals surface area contributed by atoms with Crippen LogP contribution < -0.4 is 16.4 Å². The third-order valence-corrected chi connectivity index (χ3v) is 5.67. The van der Waals surface area contributed by atoms with Gasteiger partial charge in [-0.25, -0.2) is 0 Å². The molecule has 0 saturated heterocycles. The Morgan fingerprint density at radius 1 is 0.839 bits per heavy atom. The average Bonchev–Trinajstić information content (AvgIpc) is 2.73. The van der Waals surface area contributed by atoms with E-state index in [4.69, 9.17) is 28.9 Å². The number of nitrogens with two attached hydrogens (primary N) is 1. The Morgan fingerprint density at radius 3 is 2.06 bits per heavy atom. The van der Waals surface area contributed by atoms with Gasteiger partial charge in [-0.2, -0.15) is 0 Å². The molecule has 9 heteroatoms. The minimum Gasteiger partial charge on any atom is -0.366 e. The van der Waals surface area contributed by atoms with Crippen LogP contribution in [0.25, 0.3) is 0 Å². The van der Waals surface area contributed by atoms with E-state index in [0.717, 1.165) is 4.90 Å². The Hall–Kier alpha value is -3.00. The second kappa shape index (κ2) is 10.3. The van der Waals surface area contributed by atoms with Gasteiger partial charge in [-0.15, -0.1) is 11.8 Å². The van der Waals surface area contributed by atoms with Gasteiger partial charge in [-0.05, 0) is 66.7 Å². The van der Waals surface area contributed by atoms with Crippen LogP contribution in [0.5, 0.6) is 0 Å². The molecule has 0 aromatic heterocycles. The molecule has 0 bridgehead atoms. The summed E-state index contributed by atoms with van der Waals surface area (Å²) in [5.41, 5.74) is 7.06. The molecular formula is C22H17Cl2N3O3S. The fourth-order valence-electron chi connectivity index (χ4n) is 2.57. The summed E-state index contributed by atoms with van der Waals surface area (Å²) in [5.74, 6) is -0.858. The van der Waals surface area contributed by atoms with Crippen LogP contribution >= 0.6 is 35.0 Å². The molecular weight excluding hydrogens is 457 g/mol. The average molecular weight is 474 g/mol. The van der Waals surface area contributed by atoms with Crippen molar-refractivity contribution < 1.29 is 14.4 Å². The zero-order chi connectivity index (χ0) is 22.4. The van der Waals surface area contributed by atoms with Crippen LogP contribution in [0.3, 0.4) is 0 Å². The second-order valence-electron chi connectivity index (χ2n) is 6.38. The molecule has 0 heterocycles. The van der Waals surface area contributed by atoms with Gasteiger partial charge in [-0.1, -0.05) is 23.2 Å². The van der Waals surface area contributed by atoms with Crippen LogP contribution in [0.2, 0.25) is 10.0 Å². The molecule has 31 heavy (non-hydrogen) atoms. The molecule has 0 aliphatic rings. The number of primary amides is 1. The minimum atomic E-state index is -0.524. The number of amides is 3. The molecule has 3 aromatic carbocycles. The number of hydrogen-bond acceptors (Lipinski definition) is 4. The van der Waals surface area contributed by atoms with Gasteiger partial charge in [0, 0.05) is 26.9 Å². The van der Waals surface area contributed by atoms with Crippen LogP contribution in [0.1, 0.15) is 20.7 Å². The highest BCUT2D eigenvalue weighted by molar-refractivity contribution is 8.00. The lowest BCUT2D eigenvalue weighted by molar-refractivity contribution is -0.113. The summed E-state index contributed by atoms with van der Waals surface area (Å²) in [6.45, 7) is 0. The van der Waals surface area contributed by atoms with Gasteiger partial charge in [-0.3, -0.25) is 14.4 Å². The van der Waals surface area contributed by atoms with Crippen molar-refractivity contribution >= 4 is 64.1 Å². The number of carbonyl (C=O) groups excluding carboxylic acids is 3. The smallest absolute Gasteiger partial charge is 0.257 e. The maximum Gasteiger partial charge on any atom is 0.257 e. The molecule has 0 atom stereocenters. The fraction of sp³-hybridized carbons (Fsp3) is 0.0455. The minimum absolute atomic E-state index is 0.188. The van der Waals surface area contributed by atoms with Crippen molar-refractivity contribution in [3.8, 4) is 0 Å². The van der Waals surface area contributed by atoms with Crippen molar-refractivity contribution in [1.29, 1.82) is 0 Å².